The van der Waals surface area contributed by atoms with E-state index in [0.717, 1.165) is 10.7 Å². The molecule has 1 aliphatic rings. The average Bonchev–Trinajstić information content (AvgIpc) is 2.58. The number of hydrogen-bond acceptors (Lipinski definition) is 3. The zero-order valence-corrected chi connectivity index (χ0v) is 6.95. The first kappa shape index (κ1) is 7.46. The van der Waals surface area contributed by atoms with Gasteiger partial charge in [0.1, 0.15) is 6.26 Å². The topological polar surface area (TPSA) is 24.5 Å². The monoisotopic (exact) mass is 182 g/mol. The Hall–Kier alpha value is -1.19. The lowest BCUT2D eigenvalue weighted by atomic mass is 10.3. The van der Waals surface area contributed by atoms with Gasteiger partial charge in [-0.1, -0.05) is 17.2 Å². The molecule has 2 rings (SSSR count). The van der Waals surface area contributed by atoms with Crippen LogP contribution in [0.1, 0.15) is 0 Å². The smallest absolute Gasteiger partial charge is 0.131 e. The summed E-state index contributed by atoms with van der Waals surface area (Å²) in [4.78, 5) is 4.80. The van der Waals surface area contributed by atoms with E-state index in [2.05, 4.69) is 5.59 Å². The average molecular weight is 183 g/mol. The van der Waals surface area contributed by atoms with E-state index in [-0.39, 0.29) is 0 Å². The molecule has 0 unspecified atom stereocenters. The second-order valence-corrected chi connectivity index (χ2v) is 2.78. The number of hydrogen-bond donors (Lipinski definition) is 1. The third-order valence-electron chi connectivity index (χ3n) is 1.53. The van der Waals surface area contributed by atoms with E-state index in [1.54, 1.807) is 17.5 Å². The maximum Gasteiger partial charge on any atom is 0.131 e. The molecular formula is C8H7ClN2O. The van der Waals surface area contributed by atoms with E-state index in [0.29, 0.717) is 0 Å². The van der Waals surface area contributed by atoms with E-state index in [9.17, 15) is 0 Å². The number of nitrogens with one attached hydrogen (secondary N) is 1. The van der Waals surface area contributed by atoms with Gasteiger partial charge in [-0.15, -0.1) is 0 Å². The molecule has 0 aromatic heterocycles. The molecule has 0 amide bonds. The van der Waals surface area contributed by atoms with Gasteiger partial charge in [0.15, 0.2) is 0 Å². The molecule has 1 aliphatic heterocycles. The fourth-order valence-electron chi connectivity index (χ4n) is 0.949. The van der Waals surface area contributed by atoms with Crippen LogP contribution in [0.2, 0.25) is 5.02 Å². The van der Waals surface area contributed by atoms with Crippen LogP contribution in [0.25, 0.3) is 0 Å². The molecule has 0 atom stereocenters. The number of rotatable bonds is 1. The molecule has 0 radical (unpaired) electrons. The van der Waals surface area contributed by atoms with Crippen LogP contribution in [0.3, 0.4) is 0 Å². The van der Waals surface area contributed by atoms with Crippen LogP contribution in [0.5, 0.6) is 0 Å². The van der Waals surface area contributed by atoms with Crippen molar-refractivity contribution in [2.45, 2.75) is 0 Å². The van der Waals surface area contributed by atoms with Crippen molar-refractivity contribution in [3.63, 3.8) is 0 Å². The number of nitrogens with zero attached hydrogens (tertiary/aromatic N) is 1. The summed E-state index contributed by atoms with van der Waals surface area (Å²) in [5, 5.41) is 2.47. The normalized spacial score (nSPS) is 14.9. The Kier molecular flexibility index (Phi) is 1.89. The molecule has 1 aromatic rings. The van der Waals surface area contributed by atoms with Gasteiger partial charge >= 0.3 is 0 Å². The standard InChI is InChI=1S/C8H7ClN2O/c9-7-1-3-8(4-2-7)11-5-6-12-10-11/h1-6,10H. The van der Waals surface area contributed by atoms with Gasteiger partial charge in [-0.3, -0.25) is 0 Å². The zero-order valence-electron chi connectivity index (χ0n) is 6.20. The second-order valence-electron chi connectivity index (χ2n) is 2.34. The first-order valence-corrected chi connectivity index (χ1v) is 3.87. The maximum atomic E-state index is 5.73. The second kappa shape index (κ2) is 3.05. The van der Waals surface area contributed by atoms with Gasteiger partial charge in [0.05, 0.1) is 11.9 Å². The Balaban J connectivity index is 2.23. The highest BCUT2D eigenvalue weighted by Gasteiger charge is 2.05. The van der Waals surface area contributed by atoms with Crippen LogP contribution in [-0.4, -0.2) is 0 Å². The molecule has 3 nitrogen and oxygen atoms in total. The van der Waals surface area contributed by atoms with Gasteiger partial charge in [-0.25, -0.2) is 5.01 Å². The molecule has 0 saturated carbocycles. The minimum atomic E-state index is 0.725. The highest BCUT2D eigenvalue weighted by Crippen LogP contribution is 2.17. The molecule has 12 heavy (non-hydrogen) atoms. The van der Waals surface area contributed by atoms with E-state index in [1.165, 1.54) is 0 Å². The summed E-state index contributed by atoms with van der Waals surface area (Å²) in [6.45, 7) is 0. The lowest BCUT2D eigenvalue weighted by molar-refractivity contribution is 0.159. The minimum Gasteiger partial charge on any atom is -0.395 e. The van der Waals surface area contributed by atoms with Crippen molar-refractivity contribution in [1.29, 1.82) is 0 Å². The van der Waals surface area contributed by atoms with E-state index in [4.69, 9.17) is 16.4 Å². The van der Waals surface area contributed by atoms with E-state index in [1.807, 2.05) is 24.3 Å². The van der Waals surface area contributed by atoms with Crippen molar-refractivity contribution in [2.24, 2.45) is 0 Å². The summed E-state index contributed by atoms with van der Waals surface area (Å²) in [6, 6.07) is 7.44. The summed E-state index contributed by atoms with van der Waals surface area (Å²) >= 11 is 5.73. The highest BCUT2D eigenvalue weighted by molar-refractivity contribution is 6.30. The Morgan fingerprint density at radius 3 is 2.58 bits per heavy atom. The molecule has 62 valence electrons. The minimum absolute atomic E-state index is 0.725. The third kappa shape index (κ3) is 1.37. The van der Waals surface area contributed by atoms with Crippen molar-refractivity contribution in [1.82, 2.24) is 5.59 Å². The fourth-order valence-corrected chi connectivity index (χ4v) is 1.08. The van der Waals surface area contributed by atoms with Crippen LogP contribution in [0.15, 0.2) is 36.7 Å². The Morgan fingerprint density at radius 1 is 1.25 bits per heavy atom. The largest absolute Gasteiger partial charge is 0.395 e. The van der Waals surface area contributed by atoms with E-state index >= 15 is 0 Å². The maximum absolute atomic E-state index is 5.73. The lowest BCUT2D eigenvalue weighted by Crippen LogP contribution is -2.26. The molecule has 0 spiro atoms. The molecule has 0 aliphatic carbocycles. The summed E-state index contributed by atoms with van der Waals surface area (Å²) < 4.78 is 0. The van der Waals surface area contributed by atoms with Gasteiger partial charge in [-0.2, -0.15) is 0 Å². The Labute approximate surface area is 75.1 Å². The van der Waals surface area contributed by atoms with Gasteiger partial charge in [0.2, 0.25) is 0 Å². The molecule has 1 heterocycles. The molecule has 0 bridgehead atoms. The van der Waals surface area contributed by atoms with Gasteiger partial charge in [0.25, 0.3) is 0 Å². The summed E-state index contributed by atoms with van der Waals surface area (Å²) in [6.07, 6.45) is 3.35. The van der Waals surface area contributed by atoms with Crippen LogP contribution in [0.4, 0.5) is 5.69 Å². The molecule has 1 N–H and O–H groups in total. The SMILES string of the molecule is Clc1ccc(N2C=CON2)cc1. The van der Waals surface area contributed by atoms with Crippen molar-refractivity contribution in [2.75, 3.05) is 5.01 Å². The Morgan fingerprint density at radius 2 is 2.00 bits per heavy atom. The fraction of sp³-hybridized carbons (Fsp3) is 0. The molecular weight excluding hydrogens is 176 g/mol. The molecule has 0 fully saturated rings. The molecule has 4 heteroatoms. The van der Waals surface area contributed by atoms with Crippen LogP contribution < -0.4 is 10.6 Å². The van der Waals surface area contributed by atoms with Crippen LogP contribution in [0, 0.1) is 0 Å². The highest BCUT2D eigenvalue weighted by atomic mass is 35.5. The quantitative estimate of drug-likeness (QED) is 0.720. The Bertz CT molecular complexity index is 296. The van der Waals surface area contributed by atoms with Crippen molar-refractivity contribution >= 4 is 17.3 Å². The van der Waals surface area contributed by atoms with Gasteiger partial charge < -0.3 is 4.84 Å². The zero-order chi connectivity index (χ0) is 8.39. The van der Waals surface area contributed by atoms with Crippen molar-refractivity contribution in [3.8, 4) is 0 Å². The number of halogens is 1. The lowest BCUT2D eigenvalue weighted by Gasteiger charge is -2.13. The number of hydrazine groups is 1. The third-order valence-corrected chi connectivity index (χ3v) is 1.79. The predicted molar refractivity (Wildman–Crippen MR) is 47.3 cm³/mol. The van der Waals surface area contributed by atoms with Crippen LogP contribution >= 0.6 is 11.6 Å². The number of benzene rings is 1. The summed E-state index contributed by atoms with van der Waals surface area (Å²) in [5.74, 6) is 0. The van der Waals surface area contributed by atoms with Crippen molar-refractivity contribution < 1.29 is 4.84 Å². The van der Waals surface area contributed by atoms with Crippen molar-refractivity contribution in [3.05, 3.63) is 41.8 Å². The summed E-state index contributed by atoms with van der Waals surface area (Å²) in [5.41, 5.74) is 3.65. The molecule has 0 saturated heterocycles. The number of anilines is 1. The first-order valence-electron chi connectivity index (χ1n) is 3.49. The van der Waals surface area contributed by atoms with Gasteiger partial charge in [-0.05, 0) is 24.3 Å². The summed E-state index contributed by atoms with van der Waals surface area (Å²) in [7, 11) is 0. The van der Waals surface area contributed by atoms with Gasteiger partial charge in [0, 0.05) is 5.02 Å². The predicted octanol–water partition coefficient (Wildman–Crippen LogP) is 2.07. The van der Waals surface area contributed by atoms with E-state index < -0.39 is 0 Å². The first-order chi connectivity index (χ1) is 5.86. The van der Waals surface area contributed by atoms with Crippen LogP contribution in [-0.2, 0) is 4.84 Å². The molecule has 1 aromatic carbocycles.